The molecule has 3 N–H and O–H groups in total. The number of nitrogen functional groups attached to an aromatic ring is 1. The zero-order valence-corrected chi connectivity index (χ0v) is 18.4. The summed E-state index contributed by atoms with van der Waals surface area (Å²) in [5.41, 5.74) is 10.5. The Morgan fingerprint density at radius 3 is 2.68 bits per heavy atom. The van der Waals surface area contributed by atoms with Gasteiger partial charge in [-0.1, -0.05) is 43.2 Å². The fourth-order valence-corrected chi connectivity index (χ4v) is 4.00. The first kappa shape index (κ1) is 20.9. The predicted molar refractivity (Wildman–Crippen MR) is 132 cm³/mol. The zero-order valence-electron chi connectivity index (χ0n) is 17.6. The molecule has 1 aromatic heterocycles. The normalized spacial score (nSPS) is 15.1. The maximum atomic E-state index is 13.7. The number of hydrogen-bond acceptors (Lipinski definition) is 4. The van der Waals surface area contributed by atoms with Crippen LogP contribution in [0.5, 0.6) is 0 Å². The summed E-state index contributed by atoms with van der Waals surface area (Å²) in [6.07, 6.45) is 7.99. The van der Waals surface area contributed by atoms with Gasteiger partial charge in [0.1, 0.15) is 5.82 Å². The number of rotatable bonds is 5. The molecule has 2 heterocycles. The first-order valence-corrected chi connectivity index (χ1v) is 10.7. The lowest BCUT2D eigenvalue weighted by Gasteiger charge is -2.26. The molecule has 3 aromatic rings. The molecule has 1 atom stereocenters. The van der Waals surface area contributed by atoms with Crippen molar-refractivity contribution in [3.63, 3.8) is 0 Å². The summed E-state index contributed by atoms with van der Waals surface area (Å²) >= 11 is 6.10. The van der Waals surface area contributed by atoms with Crippen molar-refractivity contribution in [3.8, 4) is 16.8 Å². The van der Waals surface area contributed by atoms with Crippen molar-refractivity contribution < 1.29 is 0 Å². The highest BCUT2D eigenvalue weighted by Crippen LogP contribution is 2.31. The van der Waals surface area contributed by atoms with Crippen LogP contribution >= 0.6 is 11.6 Å². The Morgan fingerprint density at radius 2 is 1.97 bits per heavy atom. The minimum atomic E-state index is -0.108. The Labute approximate surface area is 186 Å². The van der Waals surface area contributed by atoms with Gasteiger partial charge in [-0.2, -0.15) is 0 Å². The third kappa shape index (κ3) is 4.14. The lowest BCUT2D eigenvalue weighted by Crippen LogP contribution is -2.29. The number of aromatic nitrogens is 1. The van der Waals surface area contributed by atoms with Crippen molar-refractivity contribution in [1.82, 2.24) is 4.57 Å². The first-order chi connectivity index (χ1) is 15.0. The number of hydrogen-bond donors (Lipinski definition) is 2. The van der Waals surface area contributed by atoms with E-state index in [-0.39, 0.29) is 11.6 Å². The summed E-state index contributed by atoms with van der Waals surface area (Å²) < 4.78 is 1.73. The number of nitrogens with two attached hydrogens (primary N) is 1. The summed E-state index contributed by atoms with van der Waals surface area (Å²) in [6.45, 7) is 2.15. The van der Waals surface area contributed by atoms with Gasteiger partial charge in [0.2, 0.25) is 0 Å². The number of anilines is 2. The summed E-state index contributed by atoms with van der Waals surface area (Å²) in [4.78, 5) is 17.8. The van der Waals surface area contributed by atoms with Crippen LogP contribution < -0.4 is 16.6 Å². The first-order valence-electron chi connectivity index (χ1n) is 10.3. The standard InChI is InChI=1S/C25H25ClN4O/c1-3-4-20-9-5-17-14-22(16-6-12-23(27)18(13-16)15-28-2)25(31)30(24(17)29-20)21-10-7-19(26)8-11-21/h5-15,20,29H,3-4,27H2,1-2H3. The van der Waals surface area contributed by atoms with Crippen LogP contribution in [0.2, 0.25) is 5.02 Å². The lowest BCUT2D eigenvalue weighted by molar-refractivity contribution is 0.728. The van der Waals surface area contributed by atoms with E-state index in [1.165, 1.54) is 0 Å². The number of nitrogens with zero attached hydrogens (tertiary/aromatic N) is 2. The van der Waals surface area contributed by atoms with Crippen LogP contribution in [-0.2, 0) is 0 Å². The van der Waals surface area contributed by atoms with Gasteiger partial charge in [0, 0.05) is 46.7 Å². The van der Waals surface area contributed by atoms with Crippen LogP contribution in [0, 0.1) is 0 Å². The second-order valence-electron chi connectivity index (χ2n) is 7.61. The average Bonchev–Trinajstić information content (AvgIpc) is 2.76. The molecule has 158 valence electrons. The summed E-state index contributed by atoms with van der Waals surface area (Å²) in [5, 5.41) is 4.17. The molecule has 31 heavy (non-hydrogen) atoms. The average molecular weight is 433 g/mol. The number of halogens is 1. The minimum Gasteiger partial charge on any atom is -0.398 e. The highest BCUT2D eigenvalue weighted by molar-refractivity contribution is 6.30. The maximum Gasteiger partial charge on any atom is 0.264 e. The van der Waals surface area contributed by atoms with Gasteiger partial charge in [-0.3, -0.25) is 14.4 Å². The number of fused-ring (bicyclic) bond motifs is 1. The van der Waals surface area contributed by atoms with Crippen LogP contribution in [-0.4, -0.2) is 23.9 Å². The molecule has 0 amide bonds. The lowest BCUT2D eigenvalue weighted by atomic mass is 9.99. The van der Waals surface area contributed by atoms with Crippen LogP contribution in [0.25, 0.3) is 22.9 Å². The molecule has 0 spiro atoms. The van der Waals surface area contributed by atoms with E-state index < -0.39 is 0 Å². The second-order valence-corrected chi connectivity index (χ2v) is 8.04. The third-order valence-corrected chi connectivity index (χ3v) is 5.66. The van der Waals surface area contributed by atoms with E-state index in [1.54, 1.807) is 30.0 Å². The highest BCUT2D eigenvalue weighted by atomic mass is 35.5. The molecule has 0 saturated heterocycles. The van der Waals surface area contributed by atoms with E-state index in [0.717, 1.165) is 41.0 Å². The Balaban J connectivity index is 1.95. The Bertz CT molecular complexity index is 1230. The van der Waals surface area contributed by atoms with E-state index in [9.17, 15) is 4.79 Å². The van der Waals surface area contributed by atoms with Crippen LogP contribution in [0.4, 0.5) is 11.5 Å². The molecular formula is C25H25ClN4O. The highest BCUT2D eigenvalue weighted by Gasteiger charge is 2.21. The molecule has 6 heteroatoms. The van der Waals surface area contributed by atoms with Gasteiger partial charge in [0.25, 0.3) is 5.56 Å². The molecular weight excluding hydrogens is 408 g/mol. The maximum absolute atomic E-state index is 13.7. The van der Waals surface area contributed by atoms with Crippen molar-refractivity contribution in [3.05, 3.63) is 81.1 Å². The topological polar surface area (TPSA) is 72.4 Å². The number of pyridine rings is 1. The number of benzene rings is 2. The smallest absolute Gasteiger partial charge is 0.264 e. The van der Waals surface area contributed by atoms with Gasteiger partial charge >= 0.3 is 0 Å². The summed E-state index contributed by atoms with van der Waals surface area (Å²) in [5.74, 6) is 0.794. The molecule has 0 aliphatic carbocycles. The van der Waals surface area contributed by atoms with Crippen molar-refractivity contribution in [2.75, 3.05) is 18.1 Å². The van der Waals surface area contributed by atoms with E-state index in [1.807, 2.05) is 36.4 Å². The molecule has 0 saturated carbocycles. The molecule has 4 rings (SSSR count). The van der Waals surface area contributed by atoms with E-state index >= 15 is 0 Å². The SMILES string of the molecule is CCCC1C=Cc2cc(-c3ccc(N)c(C=NC)c3)c(=O)n(-c3ccc(Cl)cc3)c2N1. The monoisotopic (exact) mass is 432 g/mol. The van der Waals surface area contributed by atoms with Crippen molar-refractivity contribution in [2.24, 2.45) is 4.99 Å². The minimum absolute atomic E-state index is 0.108. The van der Waals surface area contributed by atoms with Crippen LogP contribution in [0.1, 0.15) is 30.9 Å². The largest absolute Gasteiger partial charge is 0.398 e. The van der Waals surface area contributed by atoms with E-state index in [0.29, 0.717) is 16.3 Å². The van der Waals surface area contributed by atoms with Gasteiger partial charge in [0.15, 0.2) is 0 Å². The van der Waals surface area contributed by atoms with Crippen molar-refractivity contribution in [2.45, 2.75) is 25.8 Å². The predicted octanol–water partition coefficient (Wildman–Crippen LogP) is 5.40. The van der Waals surface area contributed by atoms with Crippen molar-refractivity contribution >= 4 is 35.4 Å². The molecule has 0 bridgehead atoms. The summed E-state index contributed by atoms with van der Waals surface area (Å²) in [7, 11) is 1.70. The number of aliphatic imine (C=N–C) groups is 1. The van der Waals surface area contributed by atoms with E-state index in [4.69, 9.17) is 17.3 Å². The molecule has 1 unspecified atom stereocenters. The number of nitrogens with one attached hydrogen (secondary N) is 1. The van der Waals surface area contributed by atoms with E-state index in [2.05, 4.69) is 29.4 Å². The van der Waals surface area contributed by atoms with Gasteiger partial charge in [0.05, 0.1) is 5.69 Å². The summed E-state index contributed by atoms with van der Waals surface area (Å²) in [6, 6.07) is 15.0. The third-order valence-electron chi connectivity index (χ3n) is 5.41. The van der Waals surface area contributed by atoms with Gasteiger partial charge < -0.3 is 11.1 Å². The zero-order chi connectivity index (χ0) is 22.0. The molecule has 1 aliphatic heterocycles. The molecule has 0 fully saturated rings. The molecule has 0 radical (unpaired) electrons. The van der Waals surface area contributed by atoms with Crippen molar-refractivity contribution in [1.29, 1.82) is 0 Å². The Morgan fingerprint density at radius 1 is 1.19 bits per heavy atom. The van der Waals surface area contributed by atoms with Gasteiger partial charge in [-0.05, 0) is 54.4 Å². The quantitative estimate of drug-likeness (QED) is 0.419. The fourth-order valence-electron chi connectivity index (χ4n) is 3.87. The van der Waals surface area contributed by atoms with Gasteiger partial charge in [-0.15, -0.1) is 0 Å². The fraction of sp³-hybridized carbons (Fsp3) is 0.200. The molecule has 5 nitrogen and oxygen atoms in total. The van der Waals surface area contributed by atoms with Crippen LogP contribution in [0.15, 0.2) is 64.4 Å². The van der Waals surface area contributed by atoms with Gasteiger partial charge in [-0.25, -0.2) is 0 Å². The molecule has 2 aromatic carbocycles. The van der Waals surface area contributed by atoms with Crippen LogP contribution in [0.3, 0.4) is 0 Å². The Kier molecular flexibility index (Phi) is 5.96. The second kappa shape index (κ2) is 8.82. The Hall–Kier alpha value is -3.31. The molecule has 1 aliphatic rings.